The van der Waals surface area contributed by atoms with E-state index in [1.807, 2.05) is 60.7 Å². The molecule has 0 fully saturated rings. The van der Waals surface area contributed by atoms with Gasteiger partial charge in [0, 0.05) is 11.4 Å². The number of hydrogen-bond donors (Lipinski definition) is 2. The molecule has 0 aliphatic rings. The van der Waals surface area contributed by atoms with Crippen LogP contribution in [0.25, 0.3) is 0 Å². The summed E-state index contributed by atoms with van der Waals surface area (Å²) in [6.45, 7) is 0. The Morgan fingerprint density at radius 1 is 0.815 bits per heavy atom. The molecule has 2 amide bonds. The van der Waals surface area contributed by atoms with Gasteiger partial charge in [-0.15, -0.1) is 0 Å². The summed E-state index contributed by atoms with van der Waals surface area (Å²) in [6.07, 6.45) is 0. The minimum absolute atomic E-state index is 0.0992. The maximum Gasteiger partial charge on any atom is 0.234 e. The van der Waals surface area contributed by atoms with E-state index in [9.17, 15) is 9.59 Å². The zero-order valence-electron chi connectivity index (χ0n) is 14.1. The second kappa shape index (κ2) is 10.1. The molecule has 0 saturated carbocycles. The minimum atomic E-state index is -0.113. The van der Waals surface area contributed by atoms with Crippen molar-refractivity contribution in [1.82, 2.24) is 9.36 Å². The van der Waals surface area contributed by atoms with Crippen molar-refractivity contribution in [2.24, 2.45) is 0 Å². The van der Waals surface area contributed by atoms with Crippen molar-refractivity contribution in [2.45, 2.75) is 9.50 Å². The first kappa shape index (κ1) is 19.4. The molecule has 3 aromatic rings. The fourth-order valence-electron chi connectivity index (χ4n) is 2.01. The summed E-state index contributed by atoms with van der Waals surface area (Å²) >= 11 is 3.82. The maximum atomic E-state index is 11.9. The number of nitrogens with zero attached hydrogens (tertiary/aromatic N) is 2. The van der Waals surface area contributed by atoms with Gasteiger partial charge in [0.15, 0.2) is 4.34 Å². The summed E-state index contributed by atoms with van der Waals surface area (Å²) in [4.78, 5) is 28.2. The SMILES string of the molecule is O=C(CSc1nsc(SCC(=O)Nc2ccccc2)n1)Nc1ccccc1. The van der Waals surface area contributed by atoms with Crippen molar-refractivity contribution in [3.63, 3.8) is 0 Å². The molecule has 0 unspecified atom stereocenters. The highest BCUT2D eigenvalue weighted by Gasteiger charge is 2.11. The number of carbonyl (C=O) groups is 2. The summed E-state index contributed by atoms with van der Waals surface area (Å²) in [7, 11) is 0. The van der Waals surface area contributed by atoms with Crippen LogP contribution >= 0.6 is 35.1 Å². The highest BCUT2D eigenvalue weighted by molar-refractivity contribution is 8.02. The third kappa shape index (κ3) is 6.70. The van der Waals surface area contributed by atoms with Crippen LogP contribution < -0.4 is 10.6 Å². The highest BCUT2D eigenvalue weighted by atomic mass is 32.2. The van der Waals surface area contributed by atoms with Crippen molar-refractivity contribution >= 4 is 58.2 Å². The fourth-order valence-corrected chi connectivity index (χ4v) is 4.24. The zero-order valence-corrected chi connectivity index (χ0v) is 16.6. The van der Waals surface area contributed by atoms with Gasteiger partial charge in [-0.05, 0) is 35.8 Å². The lowest BCUT2D eigenvalue weighted by Crippen LogP contribution is -2.14. The first-order chi connectivity index (χ1) is 13.2. The van der Waals surface area contributed by atoms with Crippen molar-refractivity contribution in [3.05, 3.63) is 60.7 Å². The smallest absolute Gasteiger partial charge is 0.234 e. The van der Waals surface area contributed by atoms with Crippen LogP contribution in [0.4, 0.5) is 11.4 Å². The number of para-hydroxylation sites is 2. The summed E-state index contributed by atoms with van der Waals surface area (Å²) in [5.41, 5.74) is 1.52. The number of thioether (sulfide) groups is 2. The molecule has 27 heavy (non-hydrogen) atoms. The number of anilines is 2. The van der Waals surface area contributed by atoms with Crippen molar-refractivity contribution in [3.8, 4) is 0 Å². The lowest BCUT2D eigenvalue weighted by Gasteiger charge is -2.03. The predicted molar refractivity (Wildman–Crippen MR) is 112 cm³/mol. The third-order valence-corrected chi connectivity index (χ3v) is 5.96. The monoisotopic (exact) mass is 416 g/mol. The Morgan fingerprint density at radius 2 is 1.33 bits per heavy atom. The van der Waals surface area contributed by atoms with E-state index in [4.69, 9.17) is 0 Å². The molecular formula is C18H16N4O2S3. The molecule has 138 valence electrons. The van der Waals surface area contributed by atoms with E-state index in [-0.39, 0.29) is 23.3 Å². The van der Waals surface area contributed by atoms with E-state index >= 15 is 0 Å². The molecule has 9 heteroatoms. The molecule has 1 heterocycles. The number of rotatable bonds is 8. The second-order valence-electron chi connectivity index (χ2n) is 5.25. The average molecular weight is 417 g/mol. The molecule has 0 radical (unpaired) electrons. The first-order valence-corrected chi connectivity index (χ1v) is 10.7. The molecule has 2 aromatic carbocycles. The fraction of sp³-hybridized carbons (Fsp3) is 0.111. The van der Waals surface area contributed by atoms with Gasteiger partial charge >= 0.3 is 0 Å². The Labute approximate surface area is 169 Å². The topological polar surface area (TPSA) is 84.0 Å². The zero-order chi connectivity index (χ0) is 18.9. The van der Waals surface area contributed by atoms with Crippen molar-refractivity contribution in [2.75, 3.05) is 22.1 Å². The van der Waals surface area contributed by atoms with Gasteiger partial charge in [-0.3, -0.25) is 9.59 Å². The van der Waals surface area contributed by atoms with Gasteiger partial charge < -0.3 is 10.6 Å². The van der Waals surface area contributed by atoms with Gasteiger partial charge in [-0.25, -0.2) is 4.98 Å². The maximum absolute atomic E-state index is 11.9. The standard InChI is InChI=1S/C18H16N4O2S3/c23-15(19-13-7-3-1-4-8-13)11-25-17-21-18(27-22-17)26-12-16(24)20-14-9-5-2-6-10-14/h1-10H,11-12H2,(H,19,23)(H,20,24). The Hall–Kier alpha value is -2.36. The second-order valence-corrected chi connectivity index (χ2v) is 8.17. The molecule has 0 aliphatic heterocycles. The molecule has 0 aliphatic carbocycles. The summed E-state index contributed by atoms with van der Waals surface area (Å²) in [5, 5.41) is 6.17. The molecule has 0 bridgehead atoms. The van der Waals surface area contributed by atoms with E-state index in [1.54, 1.807) is 0 Å². The van der Waals surface area contributed by atoms with Gasteiger partial charge in [0.2, 0.25) is 17.0 Å². The van der Waals surface area contributed by atoms with Crippen molar-refractivity contribution < 1.29 is 9.59 Å². The average Bonchev–Trinajstić information content (AvgIpc) is 3.14. The van der Waals surface area contributed by atoms with Gasteiger partial charge in [-0.2, -0.15) is 4.37 Å². The van der Waals surface area contributed by atoms with E-state index in [2.05, 4.69) is 20.0 Å². The Kier molecular flexibility index (Phi) is 7.26. The summed E-state index contributed by atoms with van der Waals surface area (Å²) in [5.74, 6) is 0.266. The van der Waals surface area contributed by atoms with Gasteiger partial charge in [0.1, 0.15) is 0 Å². The van der Waals surface area contributed by atoms with Gasteiger partial charge in [-0.1, -0.05) is 59.9 Å². The van der Waals surface area contributed by atoms with Crippen LogP contribution in [-0.4, -0.2) is 32.7 Å². The molecule has 3 rings (SSSR count). The molecule has 2 N–H and O–H groups in total. The predicted octanol–water partition coefficient (Wildman–Crippen LogP) is 4.00. The Morgan fingerprint density at radius 3 is 1.89 bits per heavy atom. The van der Waals surface area contributed by atoms with Crippen LogP contribution in [0.5, 0.6) is 0 Å². The number of amides is 2. The quantitative estimate of drug-likeness (QED) is 0.540. The summed E-state index contributed by atoms with van der Waals surface area (Å²) in [6, 6.07) is 18.6. The lowest BCUT2D eigenvalue weighted by atomic mass is 10.3. The normalized spacial score (nSPS) is 10.4. The number of hydrogen-bond acceptors (Lipinski definition) is 7. The molecule has 6 nitrogen and oxygen atoms in total. The highest BCUT2D eigenvalue weighted by Crippen LogP contribution is 2.25. The molecular weight excluding hydrogens is 400 g/mol. The Balaban J connectivity index is 1.40. The summed E-state index contributed by atoms with van der Waals surface area (Å²) < 4.78 is 4.92. The lowest BCUT2D eigenvalue weighted by molar-refractivity contribution is -0.114. The number of carbonyl (C=O) groups excluding carboxylic acids is 2. The van der Waals surface area contributed by atoms with E-state index in [1.165, 1.54) is 35.1 Å². The molecule has 0 saturated heterocycles. The number of aromatic nitrogens is 2. The van der Waals surface area contributed by atoms with Crippen LogP contribution in [0.2, 0.25) is 0 Å². The molecule has 0 atom stereocenters. The minimum Gasteiger partial charge on any atom is -0.325 e. The Bertz CT molecular complexity index is 816. The third-order valence-electron chi connectivity index (χ3n) is 3.16. The van der Waals surface area contributed by atoms with Crippen LogP contribution in [0.15, 0.2) is 70.2 Å². The van der Waals surface area contributed by atoms with E-state index in [0.29, 0.717) is 9.50 Å². The van der Waals surface area contributed by atoms with Crippen LogP contribution in [-0.2, 0) is 9.59 Å². The van der Waals surface area contributed by atoms with E-state index in [0.717, 1.165) is 11.4 Å². The van der Waals surface area contributed by atoms with Crippen LogP contribution in [0, 0.1) is 0 Å². The molecule has 0 spiro atoms. The number of benzene rings is 2. The first-order valence-electron chi connectivity index (χ1n) is 7.98. The van der Waals surface area contributed by atoms with Crippen molar-refractivity contribution in [1.29, 1.82) is 0 Å². The molecule has 1 aromatic heterocycles. The van der Waals surface area contributed by atoms with Crippen LogP contribution in [0.1, 0.15) is 0 Å². The van der Waals surface area contributed by atoms with Gasteiger partial charge in [0.25, 0.3) is 0 Å². The largest absolute Gasteiger partial charge is 0.325 e. The van der Waals surface area contributed by atoms with Gasteiger partial charge in [0.05, 0.1) is 11.5 Å². The number of nitrogens with one attached hydrogen (secondary N) is 2. The van der Waals surface area contributed by atoms with Crippen LogP contribution in [0.3, 0.4) is 0 Å². The van der Waals surface area contributed by atoms with E-state index < -0.39 is 0 Å².